The number of carbonyl (C=O) groups is 2. The summed E-state index contributed by atoms with van der Waals surface area (Å²) in [5, 5.41) is 23.7. The van der Waals surface area contributed by atoms with Crippen molar-refractivity contribution in [2.75, 3.05) is 11.1 Å². The molecule has 2 N–H and O–H groups in total. The minimum Gasteiger partial charge on any atom is -0.478 e. The second kappa shape index (κ2) is 8.66. The Morgan fingerprint density at radius 2 is 1.79 bits per heavy atom. The number of carboxylic acid groups (broad SMARTS) is 1. The Kier molecular flexibility index (Phi) is 6.05. The highest BCUT2D eigenvalue weighted by molar-refractivity contribution is 7.99. The van der Waals surface area contributed by atoms with E-state index in [2.05, 4.69) is 34.7 Å². The molecule has 0 bridgehead atoms. The first-order chi connectivity index (χ1) is 13.4. The number of hydrogen-bond acceptors (Lipinski definition) is 6. The fourth-order valence-corrected chi connectivity index (χ4v) is 3.15. The lowest BCUT2D eigenvalue weighted by molar-refractivity contribution is -0.113. The SMILES string of the molecule is CC(C)c1ccc(NC(=O)CSc2nnnn2-c2ccc(C(=O)O)cc2)cc1. The molecule has 1 amide bonds. The maximum Gasteiger partial charge on any atom is 0.335 e. The standard InChI is InChI=1S/C19H19N5O3S/c1-12(2)13-3-7-15(8-4-13)20-17(25)11-28-19-21-22-23-24(19)16-9-5-14(6-10-16)18(26)27/h3-10,12H,11H2,1-2H3,(H,20,25)(H,26,27). The van der Waals surface area contributed by atoms with E-state index >= 15 is 0 Å². The summed E-state index contributed by atoms with van der Waals surface area (Å²) in [4.78, 5) is 23.2. The minimum atomic E-state index is -1.00. The third-order valence-electron chi connectivity index (χ3n) is 3.99. The summed E-state index contributed by atoms with van der Waals surface area (Å²) in [6, 6.07) is 13.9. The summed E-state index contributed by atoms with van der Waals surface area (Å²) in [5.74, 6) is -0.600. The zero-order valence-corrected chi connectivity index (χ0v) is 16.2. The Labute approximate surface area is 166 Å². The molecule has 0 unspecified atom stereocenters. The van der Waals surface area contributed by atoms with Gasteiger partial charge in [-0.3, -0.25) is 4.79 Å². The number of nitrogens with zero attached hydrogens (tertiary/aromatic N) is 4. The molecule has 0 saturated carbocycles. The van der Waals surface area contributed by atoms with Crippen molar-refractivity contribution in [1.29, 1.82) is 0 Å². The lowest BCUT2D eigenvalue weighted by Crippen LogP contribution is -2.14. The van der Waals surface area contributed by atoms with Gasteiger partial charge in [0.15, 0.2) is 0 Å². The van der Waals surface area contributed by atoms with Crippen LogP contribution in [-0.2, 0) is 4.79 Å². The topological polar surface area (TPSA) is 110 Å². The molecule has 144 valence electrons. The molecule has 0 radical (unpaired) electrons. The van der Waals surface area contributed by atoms with Crippen molar-refractivity contribution >= 4 is 29.3 Å². The maximum atomic E-state index is 12.2. The van der Waals surface area contributed by atoms with Crippen molar-refractivity contribution in [3.63, 3.8) is 0 Å². The zero-order valence-electron chi connectivity index (χ0n) is 15.4. The molecule has 0 aliphatic heterocycles. The highest BCUT2D eigenvalue weighted by Gasteiger charge is 2.13. The van der Waals surface area contributed by atoms with E-state index in [0.29, 0.717) is 16.8 Å². The number of amides is 1. The van der Waals surface area contributed by atoms with Gasteiger partial charge in [0.05, 0.1) is 17.0 Å². The van der Waals surface area contributed by atoms with Gasteiger partial charge in [-0.15, -0.1) is 5.10 Å². The zero-order chi connectivity index (χ0) is 20.1. The lowest BCUT2D eigenvalue weighted by atomic mass is 10.0. The van der Waals surface area contributed by atoms with E-state index in [1.165, 1.54) is 34.1 Å². The third kappa shape index (κ3) is 4.74. The summed E-state index contributed by atoms with van der Waals surface area (Å²) in [5.41, 5.74) is 2.73. The van der Waals surface area contributed by atoms with Crippen LogP contribution < -0.4 is 5.32 Å². The predicted octanol–water partition coefficient (Wildman–Crippen LogP) is 3.21. The average molecular weight is 397 g/mol. The van der Waals surface area contributed by atoms with Crippen LogP contribution in [0.15, 0.2) is 53.7 Å². The average Bonchev–Trinajstić information content (AvgIpc) is 3.15. The molecule has 0 aliphatic rings. The number of thioether (sulfide) groups is 1. The van der Waals surface area contributed by atoms with Crippen LogP contribution in [0.2, 0.25) is 0 Å². The molecule has 3 aromatic rings. The van der Waals surface area contributed by atoms with Crippen molar-refractivity contribution in [3.05, 3.63) is 59.7 Å². The van der Waals surface area contributed by atoms with E-state index < -0.39 is 5.97 Å². The van der Waals surface area contributed by atoms with Gasteiger partial charge in [-0.2, -0.15) is 4.68 Å². The van der Waals surface area contributed by atoms with Gasteiger partial charge in [0.25, 0.3) is 0 Å². The highest BCUT2D eigenvalue weighted by atomic mass is 32.2. The number of benzene rings is 2. The van der Waals surface area contributed by atoms with Crippen LogP contribution in [0.3, 0.4) is 0 Å². The van der Waals surface area contributed by atoms with Crippen LogP contribution in [0.25, 0.3) is 5.69 Å². The summed E-state index contributed by atoms with van der Waals surface area (Å²) in [7, 11) is 0. The largest absolute Gasteiger partial charge is 0.478 e. The number of aromatic carboxylic acids is 1. The number of carbonyl (C=O) groups excluding carboxylic acids is 1. The number of hydrogen-bond donors (Lipinski definition) is 2. The smallest absolute Gasteiger partial charge is 0.335 e. The molecular weight excluding hydrogens is 378 g/mol. The molecule has 3 rings (SSSR count). The van der Waals surface area contributed by atoms with E-state index in [4.69, 9.17) is 5.11 Å². The first-order valence-electron chi connectivity index (χ1n) is 8.59. The summed E-state index contributed by atoms with van der Waals surface area (Å²) in [6.45, 7) is 4.23. The van der Waals surface area contributed by atoms with Gasteiger partial charge in [-0.05, 0) is 58.3 Å². The fraction of sp³-hybridized carbons (Fsp3) is 0.211. The fourth-order valence-electron chi connectivity index (χ4n) is 2.45. The molecule has 9 heteroatoms. The maximum absolute atomic E-state index is 12.2. The number of carboxylic acids is 1. The Morgan fingerprint density at radius 3 is 2.39 bits per heavy atom. The summed E-state index contributed by atoms with van der Waals surface area (Å²) >= 11 is 1.19. The van der Waals surface area contributed by atoms with Crippen LogP contribution >= 0.6 is 11.8 Å². The summed E-state index contributed by atoms with van der Waals surface area (Å²) < 4.78 is 1.46. The van der Waals surface area contributed by atoms with Crippen LogP contribution in [0.1, 0.15) is 35.7 Å². The second-order valence-corrected chi connectivity index (χ2v) is 7.28. The van der Waals surface area contributed by atoms with Crippen molar-refractivity contribution < 1.29 is 14.7 Å². The predicted molar refractivity (Wildman–Crippen MR) is 106 cm³/mol. The minimum absolute atomic E-state index is 0.138. The quantitative estimate of drug-likeness (QED) is 0.589. The normalized spacial score (nSPS) is 10.8. The molecule has 8 nitrogen and oxygen atoms in total. The van der Waals surface area contributed by atoms with Crippen LogP contribution in [0.5, 0.6) is 0 Å². The number of nitrogens with one attached hydrogen (secondary N) is 1. The third-order valence-corrected chi connectivity index (χ3v) is 4.91. The van der Waals surface area contributed by atoms with E-state index in [9.17, 15) is 9.59 Å². The van der Waals surface area contributed by atoms with Crippen molar-refractivity contribution in [2.45, 2.75) is 24.9 Å². The number of tetrazole rings is 1. The molecule has 1 aromatic heterocycles. The van der Waals surface area contributed by atoms with E-state index in [1.807, 2.05) is 24.3 Å². The van der Waals surface area contributed by atoms with Gasteiger partial charge in [0.2, 0.25) is 11.1 Å². The molecule has 0 spiro atoms. The molecule has 0 atom stereocenters. The van der Waals surface area contributed by atoms with Gasteiger partial charge in [-0.25, -0.2) is 4.79 Å². The van der Waals surface area contributed by atoms with Crippen molar-refractivity contribution in [2.24, 2.45) is 0 Å². The van der Waals surface area contributed by atoms with Gasteiger partial charge in [-0.1, -0.05) is 37.7 Å². The Hall–Kier alpha value is -3.20. The van der Waals surface area contributed by atoms with Gasteiger partial charge in [0, 0.05) is 5.69 Å². The van der Waals surface area contributed by atoms with Crippen LogP contribution in [-0.4, -0.2) is 42.9 Å². The molecule has 0 saturated heterocycles. The van der Waals surface area contributed by atoms with E-state index in [0.717, 1.165) is 5.69 Å². The van der Waals surface area contributed by atoms with E-state index in [1.54, 1.807) is 12.1 Å². The molecule has 0 fully saturated rings. The number of aromatic nitrogens is 4. The van der Waals surface area contributed by atoms with Crippen LogP contribution in [0.4, 0.5) is 5.69 Å². The molecule has 28 heavy (non-hydrogen) atoms. The monoisotopic (exact) mass is 397 g/mol. The van der Waals surface area contributed by atoms with Crippen molar-refractivity contribution in [1.82, 2.24) is 20.2 Å². The number of rotatable bonds is 7. The van der Waals surface area contributed by atoms with Crippen LogP contribution in [0, 0.1) is 0 Å². The first kappa shape index (κ1) is 19.6. The van der Waals surface area contributed by atoms with Gasteiger partial charge in [0.1, 0.15) is 0 Å². The first-order valence-corrected chi connectivity index (χ1v) is 9.57. The molecule has 2 aromatic carbocycles. The second-order valence-electron chi connectivity index (χ2n) is 6.34. The number of anilines is 1. The molecule has 0 aliphatic carbocycles. The molecule has 1 heterocycles. The Bertz CT molecular complexity index is 968. The Balaban J connectivity index is 1.61. The van der Waals surface area contributed by atoms with Gasteiger partial charge >= 0.3 is 5.97 Å². The Morgan fingerprint density at radius 1 is 1.11 bits per heavy atom. The van der Waals surface area contributed by atoms with Gasteiger partial charge < -0.3 is 10.4 Å². The van der Waals surface area contributed by atoms with Crippen molar-refractivity contribution in [3.8, 4) is 5.69 Å². The highest BCUT2D eigenvalue weighted by Crippen LogP contribution is 2.20. The lowest BCUT2D eigenvalue weighted by Gasteiger charge is -2.08. The molecular formula is C19H19N5O3S. The summed E-state index contributed by atoms with van der Waals surface area (Å²) in [6.07, 6.45) is 0. The van der Waals surface area contributed by atoms with E-state index in [-0.39, 0.29) is 17.2 Å².